The Morgan fingerprint density at radius 3 is 0.860 bits per heavy atom. The summed E-state index contributed by atoms with van der Waals surface area (Å²) in [6.45, 7) is 12.6. The summed E-state index contributed by atoms with van der Waals surface area (Å²) in [6.07, 6.45) is 3.54. The summed E-state index contributed by atoms with van der Waals surface area (Å²) >= 11 is 0. The SMILES string of the molecule is CC.CCC.CCc1ccc(CC)cc1.Oc1ccc2cccc3c4cccc5cccc(c1c23)c54.Oc1ccc2cccc3c4cccc5cccc(c1c23)c54. The van der Waals surface area contributed by atoms with Crippen molar-refractivity contribution in [1.82, 2.24) is 0 Å². The van der Waals surface area contributed by atoms with Crippen LogP contribution in [0.5, 0.6) is 11.5 Å². The van der Waals surface area contributed by atoms with Gasteiger partial charge in [0.25, 0.3) is 0 Å². The number of rotatable bonds is 2. The predicted molar refractivity (Wildman–Crippen MR) is 251 cm³/mol. The minimum atomic E-state index is 0.358. The molecule has 0 spiro atoms. The van der Waals surface area contributed by atoms with E-state index < -0.39 is 0 Å². The van der Waals surface area contributed by atoms with Crippen molar-refractivity contribution in [3.05, 3.63) is 169 Å². The number of aromatic hydroxyl groups is 2. The van der Waals surface area contributed by atoms with Gasteiger partial charge in [-0.3, -0.25) is 0 Å². The Hall–Kier alpha value is -6.38. The number of phenolic OH excluding ortho intramolecular Hbond substituents is 2. The lowest BCUT2D eigenvalue weighted by atomic mass is 9.89. The molecular formula is C55H52O2. The van der Waals surface area contributed by atoms with Gasteiger partial charge in [-0.2, -0.15) is 0 Å². The fourth-order valence-electron chi connectivity index (χ4n) is 8.29. The molecule has 0 fully saturated rings. The molecule has 2 N–H and O–H groups in total. The van der Waals surface area contributed by atoms with Gasteiger partial charge in [-0.1, -0.05) is 194 Å². The molecule has 57 heavy (non-hydrogen) atoms. The van der Waals surface area contributed by atoms with Gasteiger partial charge in [0.2, 0.25) is 0 Å². The third-order valence-electron chi connectivity index (χ3n) is 10.8. The van der Waals surface area contributed by atoms with E-state index >= 15 is 0 Å². The second-order valence-electron chi connectivity index (χ2n) is 14.4. The minimum Gasteiger partial charge on any atom is -0.507 e. The fraction of sp³-hybridized carbons (Fsp3) is 0.164. The summed E-state index contributed by atoms with van der Waals surface area (Å²) in [5.41, 5.74) is 2.86. The third kappa shape index (κ3) is 7.13. The molecule has 0 unspecified atom stereocenters. The van der Waals surface area contributed by atoms with Crippen molar-refractivity contribution in [2.45, 2.75) is 60.8 Å². The molecule has 0 atom stereocenters. The number of hydrogen-bond donors (Lipinski definition) is 2. The summed E-state index contributed by atoms with van der Waals surface area (Å²) in [5.74, 6) is 0.717. The quantitative estimate of drug-likeness (QED) is 0.137. The summed E-state index contributed by atoms with van der Waals surface area (Å²) < 4.78 is 0. The number of hydrogen-bond acceptors (Lipinski definition) is 2. The molecule has 0 amide bonds. The largest absolute Gasteiger partial charge is 0.507 e. The maximum absolute atomic E-state index is 10.4. The second kappa shape index (κ2) is 17.2. The highest BCUT2D eigenvalue weighted by molar-refractivity contribution is 6.35. The van der Waals surface area contributed by atoms with E-state index in [-0.39, 0.29) is 0 Å². The van der Waals surface area contributed by atoms with Gasteiger partial charge in [0.05, 0.1) is 0 Å². The second-order valence-corrected chi connectivity index (χ2v) is 14.4. The van der Waals surface area contributed by atoms with E-state index in [4.69, 9.17) is 0 Å². The van der Waals surface area contributed by atoms with Crippen LogP contribution in [0.25, 0.3) is 86.2 Å². The smallest absolute Gasteiger partial charge is 0.124 e. The number of benzene rings is 11. The van der Waals surface area contributed by atoms with Crippen LogP contribution in [0.3, 0.4) is 0 Å². The molecule has 0 aliphatic carbocycles. The number of fused-ring (bicyclic) bond motifs is 4. The van der Waals surface area contributed by atoms with Gasteiger partial charge in [0.15, 0.2) is 0 Å². The Morgan fingerprint density at radius 1 is 0.298 bits per heavy atom. The van der Waals surface area contributed by atoms with Gasteiger partial charge in [0, 0.05) is 21.5 Å². The minimum absolute atomic E-state index is 0.358. The first kappa shape index (κ1) is 38.9. The van der Waals surface area contributed by atoms with Crippen molar-refractivity contribution in [2.24, 2.45) is 0 Å². The van der Waals surface area contributed by atoms with Crippen molar-refractivity contribution in [2.75, 3.05) is 0 Å². The Labute approximate surface area is 336 Å². The molecule has 0 saturated heterocycles. The van der Waals surface area contributed by atoms with Gasteiger partial charge in [-0.25, -0.2) is 0 Å². The van der Waals surface area contributed by atoms with Gasteiger partial charge >= 0.3 is 0 Å². The molecule has 0 bridgehead atoms. The highest BCUT2D eigenvalue weighted by atomic mass is 16.3. The Balaban J connectivity index is 0.000000130. The Morgan fingerprint density at radius 2 is 0.561 bits per heavy atom. The maximum atomic E-state index is 10.4. The van der Waals surface area contributed by atoms with Gasteiger partial charge in [-0.05, 0) is 101 Å². The summed E-state index contributed by atoms with van der Waals surface area (Å²) in [6, 6.07) is 54.5. The van der Waals surface area contributed by atoms with Crippen LogP contribution in [-0.2, 0) is 12.8 Å². The summed E-state index contributed by atoms with van der Waals surface area (Å²) in [5, 5.41) is 39.6. The number of aryl methyl sites for hydroxylation is 2. The molecule has 2 nitrogen and oxygen atoms in total. The van der Waals surface area contributed by atoms with Crippen molar-refractivity contribution < 1.29 is 10.2 Å². The molecule has 11 aromatic carbocycles. The van der Waals surface area contributed by atoms with E-state index in [0.29, 0.717) is 11.5 Å². The van der Waals surface area contributed by atoms with Gasteiger partial charge in [-0.15, -0.1) is 0 Å². The highest BCUT2D eigenvalue weighted by Gasteiger charge is 2.16. The zero-order valence-corrected chi connectivity index (χ0v) is 34.0. The summed E-state index contributed by atoms with van der Waals surface area (Å²) in [7, 11) is 0. The molecule has 0 aromatic heterocycles. The van der Waals surface area contributed by atoms with E-state index in [2.05, 4.69) is 161 Å². The molecule has 0 saturated carbocycles. The van der Waals surface area contributed by atoms with Crippen LogP contribution in [0.15, 0.2) is 158 Å². The monoisotopic (exact) mass is 744 g/mol. The first-order chi connectivity index (χ1) is 28.0. The average Bonchev–Trinajstić information content (AvgIpc) is 3.27. The van der Waals surface area contributed by atoms with Crippen molar-refractivity contribution in [1.29, 1.82) is 0 Å². The average molecular weight is 745 g/mol. The molecule has 284 valence electrons. The lowest BCUT2D eigenvalue weighted by molar-refractivity contribution is 0.481. The molecule has 0 aliphatic rings. The van der Waals surface area contributed by atoms with E-state index in [0.717, 1.165) is 45.2 Å². The van der Waals surface area contributed by atoms with Crippen LogP contribution in [0, 0.1) is 0 Å². The van der Waals surface area contributed by atoms with Gasteiger partial charge < -0.3 is 10.2 Å². The van der Waals surface area contributed by atoms with Crippen LogP contribution in [0.2, 0.25) is 0 Å². The molecule has 0 heterocycles. The molecule has 0 aliphatic heterocycles. The Bertz CT molecular complexity index is 2850. The molecule has 2 heteroatoms. The molecule has 11 aromatic rings. The van der Waals surface area contributed by atoms with Crippen LogP contribution in [-0.4, -0.2) is 10.2 Å². The van der Waals surface area contributed by atoms with Crippen LogP contribution >= 0.6 is 0 Å². The van der Waals surface area contributed by atoms with E-state index in [1.165, 1.54) is 71.4 Å². The molecule has 0 radical (unpaired) electrons. The summed E-state index contributed by atoms with van der Waals surface area (Å²) in [4.78, 5) is 0. The lowest BCUT2D eigenvalue weighted by Gasteiger charge is -2.14. The lowest BCUT2D eigenvalue weighted by Crippen LogP contribution is -1.86. The molecular weight excluding hydrogens is 693 g/mol. The van der Waals surface area contributed by atoms with Crippen molar-refractivity contribution in [3.63, 3.8) is 0 Å². The van der Waals surface area contributed by atoms with E-state index in [9.17, 15) is 10.2 Å². The first-order valence-electron chi connectivity index (χ1n) is 20.6. The first-order valence-corrected chi connectivity index (χ1v) is 20.6. The zero-order valence-electron chi connectivity index (χ0n) is 34.0. The standard InChI is InChI=1S/2C20H12O.C10H14.C3H8.C2H6/c2*21-17-11-10-13-6-2-8-15-14-7-1-4-12-5-3-9-16(18(12)14)20(17)19(13)15;1-3-9-5-7-10(4-2)8-6-9;1-3-2;1-2/h2*1-11,21H;5-8H,3-4H2,1-2H3;3H2,1-2H3;1-2H3. The maximum Gasteiger partial charge on any atom is 0.124 e. The van der Waals surface area contributed by atoms with E-state index in [1.807, 2.05) is 26.0 Å². The Kier molecular flexibility index (Phi) is 11.7. The topological polar surface area (TPSA) is 40.5 Å². The highest BCUT2D eigenvalue weighted by Crippen LogP contribution is 2.44. The number of phenols is 2. The van der Waals surface area contributed by atoms with Crippen LogP contribution in [0.1, 0.15) is 59.1 Å². The van der Waals surface area contributed by atoms with Crippen LogP contribution in [0.4, 0.5) is 0 Å². The normalized spacial score (nSPS) is 11.0. The molecule has 11 rings (SSSR count). The van der Waals surface area contributed by atoms with Crippen LogP contribution < -0.4 is 0 Å². The van der Waals surface area contributed by atoms with Crippen molar-refractivity contribution in [3.8, 4) is 11.5 Å². The van der Waals surface area contributed by atoms with Gasteiger partial charge in [0.1, 0.15) is 11.5 Å². The van der Waals surface area contributed by atoms with Crippen molar-refractivity contribution >= 4 is 86.2 Å². The third-order valence-corrected chi connectivity index (χ3v) is 10.8. The fourth-order valence-corrected chi connectivity index (χ4v) is 8.29. The zero-order chi connectivity index (χ0) is 40.1. The van der Waals surface area contributed by atoms with E-state index in [1.54, 1.807) is 12.1 Å². The predicted octanol–water partition coefficient (Wildman–Crippen LogP) is 16.1.